The van der Waals surface area contributed by atoms with Crippen LogP contribution in [0.25, 0.3) is 0 Å². The molecule has 1 amide bonds. The maximum atomic E-state index is 12.1. The van der Waals surface area contributed by atoms with Crippen molar-refractivity contribution in [3.8, 4) is 6.07 Å². The van der Waals surface area contributed by atoms with E-state index in [0.717, 1.165) is 0 Å². The van der Waals surface area contributed by atoms with E-state index < -0.39 is 5.41 Å². The van der Waals surface area contributed by atoms with Gasteiger partial charge in [0, 0.05) is 26.7 Å². The molecule has 5 nitrogen and oxygen atoms in total. The summed E-state index contributed by atoms with van der Waals surface area (Å²) in [4.78, 5) is 13.7. The molecule has 0 saturated heterocycles. The number of methoxy groups -OCH3 is 1. The molecule has 0 aliphatic carbocycles. The first-order valence-corrected chi connectivity index (χ1v) is 5.35. The lowest BCUT2D eigenvalue weighted by Gasteiger charge is -2.30. The number of amides is 1. The number of nitrogens with two attached hydrogens (primary N) is 1. The van der Waals surface area contributed by atoms with Crippen LogP contribution in [0.4, 0.5) is 0 Å². The van der Waals surface area contributed by atoms with E-state index in [1.54, 1.807) is 12.0 Å². The molecular weight excluding hydrogens is 206 g/mol. The summed E-state index contributed by atoms with van der Waals surface area (Å²) in [5.74, 6) is -0.0256. The lowest BCUT2D eigenvalue weighted by Crippen LogP contribution is -2.46. The summed E-state index contributed by atoms with van der Waals surface area (Å²) in [6.07, 6.45) is 0.329. The van der Waals surface area contributed by atoms with Gasteiger partial charge in [0.1, 0.15) is 0 Å². The number of carbonyl (C=O) groups is 1. The molecule has 0 radical (unpaired) electrons. The van der Waals surface area contributed by atoms with Crippen LogP contribution in [-0.4, -0.2) is 44.2 Å². The van der Waals surface area contributed by atoms with Crippen LogP contribution in [0.1, 0.15) is 20.3 Å². The fraction of sp³-hybridized carbons (Fsp3) is 0.818. The standard InChI is InChI=1S/C11H21N3O2/c1-11(2,9-13)10(15)14(6-4-5-12)7-8-16-3/h4,6-9,13H2,1-3H3. The van der Waals surface area contributed by atoms with Crippen LogP contribution in [0.5, 0.6) is 0 Å². The smallest absolute Gasteiger partial charge is 0.229 e. The number of hydrogen-bond acceptors (Lipinski definition) is 4. The fourth-order valence-electron chi connectivity index (χ4n) is 1.22. The quantitative estimate of drug-likeness (QED) is 0.681. The molecule has 0 aromatic rings. The van der Waals surface area contributed by atoms with E-state index in [4.69, 9.17) is 15.7 Å². The van der Waals surface area contributed by atoms with Crippen molar-refractivity contribution in [2.75, 3.05) is 33.4 Å². The van der Waals surface area contributed by atoms with Gasteiger partial charge >= 0.3 is 0 Å². The van der Waals surface area contributed by atoms with Gasteiger partial charge in [0.05, 0.1) is 24.5 Å². The Labute approximate surface area is 97.2 Å². The summed E-state index contributed by atoms with van der Waals surface area (Å²) in [6.45, 7) is 5.31. The molecule has 92 valence electrons. The van der Waals surface area contributed by atoms with Gasteiger partial charge in [0.25, 0.3) is 0 Å². The Kier molecular flexibility index (Phi) is 6.70. The Morgan fingerprint density at radius 1 is 1.50 bits per heavy atom. The first-order valence-electron chi connectivity index (χ1n) is 5.35. The van der Waals surface area contributed by atoms with Crippen molar-refractivity contribution in [3.63, 3.8) is 0 Å². The third-order valence-electron chi connectivity index (χ3n) is 2.44. The maximum Gasteiger partial charge on any atom is 0.229 e. The van der Waals surface area contributed by atoms with E-state index in [9.17, 15) is 4.79 Å². The number of rotatable bonds is 7. The molecule has 0 saturated carbocycles. The molecular formula is C11H21N3O2. The maximum absolute atomic E-state index is 12.1. The minimum absolute atomic E-state index is 0.0256. The first-order chi connectivity index (χ1) is 7.49. The summed E-state index contributed by atoms with van der Waals surface area (Å²) in [6, 6.07) is 2.03. The molecule has 0 aromatic carbocycles. The summed E-state index contributed by atoms with van der Waals surface area (Å²) in [5, 5.41) is 8.54. The van der Waals surface area contributed by atoms with E-state index in [0.29, 0.717) is 32.7 Å². The van der Waals surface area contributed by atoms with Gasteiger partial charge in [-0.1, -0.05) is 0 Å². The number of nitriles is 1. The SMILES string of the molecule is COCCN(CCC#N)C(=O)C(C)(C)CN. The minimum atomic E-state index is -0.580. The zero-order valence-electron chi connectivity index (χ0n) is 10.3. The topological polar surface area (TPSA) is 79.3 Å². The Hall–Kier alpha value is -1.12. The Morgan fingerprint density at radius 3 is 2.56 bits per heavy atom. The van der Waals surface area contributed by atoms with Crippen molar-refractivity contribution in [2.24, 2.45) is 11.1 Å². The van der Waals surface area contributed by atoms with Crippen molar-refractivity contribution in [2.45, 2.75) is 20.3 Å². The lowest BCUT2D eigenvalue weighted by molar-refractivity contribution is -0.140. The highest BCUT2D eigenvalue weighted by molar-refractivity contribution is 5.82. The number of ether oxygens (including phenoxy) is 1. The van der Waals surface area contributed by atoms with Crippen molar-refractivity contribution in [1.29, 1.82) is 5.26 Å². The highest BCUT2D eigenvalue weighted by Crippen LogP contribution is 2.17. The molecule has 0 aliphatic rings. The summed E-state index contributed by atoms with van der Waals surface area (Å²) in [7, 11) is 1.58. The number of carbonyl (C=O) groups excluding carboxylic acids is 1. The fourth-order valence-corrected chi connectivity index (χ4v) is 1.22. The second-order valence-electron chi connectivity index (χ2n) is 4.28. The van der Waals surface area contributed by atoms with Crippen LogP contribution < -0.4 is 5.73 Å². The monoisotopic (exact) mass is 227 g/mol. The second kappa shape index (κ2) is 7.20. The largest absolute Gasteiger partial charge is 0.383 e. The van der Waals surface area contributed by atoms with Crippen molar-refractivity contribution < 1.29 is 9.53 Å². The molecule has 16 heavy (non-hydrogen) atoms. The third kappa shape index (κ3) is 4.60. The van der Waals surface area contributed by atoms with Crippen molar-refractivity contribution in [1.82, 2.24) is 4.90 Å². The van der Waals surface area contributed by atoms with Crippen LogP contribution in [0.15, 0.2) is 0 Å². The van der Waals surface area contributed by atoms with Gasteiger partial charge in [-0.2, -0.15) is 5.26 Å². The minimum Gasteiger partial charge on any atom is -0.383 e. The zero-order chi connectivity index (χ0) is 12.6. The predicted molar refractivity (Wildman–Crippen MR) is 61.5 cm³/mol. The van der Waals surface area contributed by atoms with Gasteiger partial charge in [-0.15, -0.1) is 0 Å². The normalized spacial score (nSPS) is 10.9. The Balaban J connectivity index is 4.49. The molecule has 0 aliphatic heterocycles. The van der Waals surface area contributed by atoms with Gasteiger partial charge in [-0.05, 0) is 13.8 Å². The van der Waals surface area contributed by atoms with Gasteiger partial charge in [0.15, 0.2) is 0 Å². The summed E-state index contributed by atoms with van der Waals surface area (Å²) >= 11 is 0. The highest BCUT2D eigenvalue weighted by Gasteiger charge is 2.30. The average molecular weight is 227 g/mol. The van der Waals surface area contributed by atoms with E-state index in [1.165, 1.54) is 0 Å². The number of nitrogens with zero attached hydrogens (tertiary/aromatic N) is 2. The average Bonchev–Trinajstić information content (AvgIpc) is 2.28. The molecule has 2 N–H and O–H groups in total. The third-order valence-corrected chi connectivity index (χ3v) is 2.44. The van der Waals surface area contributed by atoms with Gasteiger partial charge in [0.2, 0.25) is 5.91 Å². The molecule has 0 spiro atoms. The molecule has 0 fully saturated rings. The van der Waals surface area contributed by atoms with Crippen molar-refractivity contribution in [3.05, 3.63) is 0 Å². The highest BCUT2D eigenvalue weighted by atomic mass is 16.5. The molecule has 0 unspecified atom stereocenters. The van der Waals surface area contributed by atoms with Crippen LogP contribution >= 0.6 is 0 Å². The lowest BCUT2D eigenvalue weighted by atomic mass is 9.92. The molecule has 0 atom stereocenters. The number of hydrogen-bond donors (Lipinski definition) is 1. The van der Waals surface area contributed by atoms with E-state index >= 15 is 0 Å². The van der Waals surface area contributed by atoms with Gasteiger partial charge in [-0.3, -0.25) is 4.79 Å². The molecule has 0 heterocycles. The van der Waals surface area contributed by atoms with Gasteiger partial charge < -0.3 is 15.4 Å². The molecule has 0 bridgehead atoms. The Morgan fingerprint density at radius 2 is 2.12 bits per heavy atom. The van der Waals surface area contributed by atoms with E-state index in [1.807, 2.05) is 19.9 Å². The second-order valence-corrected chi connectivity index (χ2v) is 4.28. The molecule has 5 heteroatoms. The summed E-state index contributed by atoms with van der Waals surface area (Å²) in [5.41, 5.74) is 4.98. The van der Waals surface area contributed by atoms with E-state index in [2.05, 4.69) is 0 Å². The van der Waals surface area contributed by atoms with Crippen LogP contribution in [0, 0.1) is 16.7 Å². The molecule has 0 rings (SSSR count). The predicted octanol–water partition coefficient (Wildman–Crippen LogP) is 0.360. The first kappa shape index (κ1) is 14.9. The van der Waals surface area contributed by atoms with Crippen LogP contribution in [0.2, 0.25) is 0 Å². The zero-order valence-corrected chi connectivity index (χ0v) is 10.3. The van der Waals surface area contributed by atoms with Gasteiger partial charge in [-0.25, -0.2) is 0 Å². The van der Waals surface area contributed by atoms with Crippen molar-refractivity contribution >= 4 is 5.91 Å². The van der Waals surface area contributed by atoms with E-state index in [-0.39, 0.29) is 5.91 Å². The Bertz CT molecular complexity index is 258. The van der Waals surface area contributed by atoms with Crippen LogP contribution in [0.3, 0.4) is 0 Å². The molecule has 0 aromatic heterocycles. The van der Waals surface area contributed by atoms with Crippen LogP contribution in [-0.2, 0) is 9.53 Å². The summed E-state index contributed by atoms with van der Waals surface area (Å²) < 4.78 is 4.94.